The van der Waals surface area contributed by atoms with E-state index in [0.29, 0.717) is 0 Å². The Balaban J connectivity index is 1.97. The molecule has 3 rings (SSSR count). The average Bonchev–Trinajstić information content (AvgIpc) is 3.29. The summed E-state index contributed by atoms with van der Waals surface area (Å²) >= 11 is 0. The van der Waals surface area contributed by atoms with E-state index in [1.54, 1.807) is 6.92 Å². The monoisotopic (exact) mass is 629 g/mol. The fourth-order valence-corrected chi connectivity index (χ4v) is 6.20. The van der Waals surface area contributed by atoms with Crippen LogP contribution in [0.1, 0.15) is 74.0 Å². The molecule has 0 unspecified atom stereocenters. The number of sulfone groups is 1. The van der Waals surface area contributed by atoms with Crippen LogP contribution in [0, 0.1) is 33.5 Å². The predicted molar refractivity (Wildman–Crippen MR) is 145 cm³/mol. The van der Waals surface area contributed by atoms with E-state index >= 15 is 0 Å². The summed E-state index contributed by atoms with van der Waals surface area (Å²) in [6.45, 7) is 0.117. The highest BCUT2D eigenvalue weighted by atomic mass is 32.2. The summed E-state index contributed by atoms with van der Waals surface area (Å²) in [5.74, 6) is -1.20. The third kappa shape index (κ3) is 7.44. The molecule has 1 aromatic heterocycles. The summed E-state index contributed by atoms with van der Waals surface area (Å²) < 4.78 is 96.8. The summed E-state index contributed by atoms with van der Waals surface area (Å²) in [5, 5.41) is 21.9. The number of rotatable bonds is 10. The van der Waals surface area contributed by atoms with Gasteiger partial charge in [-0.15, -0.1) is 0 Å². The molecular weight excluding hydrogens is 597 g/mol. The van der Waals surface area contributed by atoms with Crippen molar-refractivity contribution in [2.24, 2.45) is 10.8 Å². The number of imidazole rings is 1. The minimum Gasteiger partial charge on any atom is -0.433 e. The molecule has 0 aliphatic heterocycles. The maximum Gasteiger partial charge on any atom is 0.394 e. The van der Waals surface area contributed by atoms with Gasteiger partial charge in [0.1, 0.15) is 27.5 Å². The van der Waals surface area contributed by atoms with Crippen LogP contribution in [0.15, 0.2) is 18.2 Å². The van der Waals surface area contributed by atoms with Crippen LogP contribution in [-0.2, 0) is 22.7 Å². The molecule has 43 heavy (non-hydrogen) atoms. The van der Waals surface area contributed by atoms with Gasteiger partial charge in [-0.05, 0) is 49.8 Å². The van der Waals surface area contributed by atoms with Crippen LogP contribution in [-0.4, -0.2) is 54.7 Å². The number of aryl methyl sites for hydroxylation is 1. The summed E-state index contributed by atoms with van der Waals surface area (Å²) in [4.78, 5) is 17.5. The van der Waals surface area contributed by atoms with Gasteiger partial charge in [0.15, 0.2) is 11.4 Å². The number of nitrogens with one attached hydrogen (secondary N) is 1. The van der Waals surface area contributed by atoms with E-state index in [1.165, 1.54) is 12.1 Å². The van der Waals surface area contributed by atoms with E-state index < -0.39 is 56.8 Å². The fraction of sp³-hybridized carbons (Fsp3) is 0.571. The second-order valence-electron chi connectivity index (χ2n) is 11.4. The van der Waals surface area contributed by atoms with Gasteiger partial charge in [-0.1, -0.05) is 26.8 Å². The molecule has 0 atom stereocenters. The maximum atomic E-state index is 13.5. The van der Waals surface area contributed by atoms with Gasteiger partial charge in [0, 0.05) is 19.2 Å². The van der Waals surface area contributed by atoms with Gasteiger partial charge in [0.05, 0.1) is 27.8 Å². The van der Waals surface area contributed by atoms with Crippen LogP contribution in [0.4, 0.5) is 22.0 Å². The summed E-state index contributed by atoms with van der Waals surface area (Å²) in [5.41, 5.74) is -3.94. The molecular formula is C28H32F5N5O4S. The van der Waals surface area contributed by atoms with Gasteiger partial charge in [0.2, 0.25) is 0 Å². The second-order valence-corrected chi connectivity index (χ2v) is 13.7. The van der Waals surface area contributed by atoms with Crippen LogP contribution < -0.4 is 10.1 Å². The molecule has 1 fully saturated rings. The number of benzene rings is 1. The van der Waals surface area contributed by atoms with Gasteiger partial charge >= 0.3 is 12.8 Å². The standard InChI is InChI=1S/C28H32F5N5O4S/c1-5-22-37-23(24(39)36-16-27(15-35)10-8-18(9-11-27)43(4,40)41)20(14-34)38(22)19-7-6-17(12-21(19)42-25(29)30)13-26(2,3)28(31,32)33/h6-7,12,18,25H,5,8-11,13,16H2,1-4H3,(H,36,39). The van der Waals surface area contributed by atoms with Crippen LogP contribution in [0.5, 0.6) is 5.75 Å². The zero-order chi connectivity index (χ0) is 32.4. The lowest BCUT2D eigenvalue weighted by molar-refractivity contribution is -0.211. The molecule has 1 N–H and O–H groups in total. The van der Waals surface area contributed by atoms with Crippen LogP contribution in [0.3, 0.4) is 0 Å². The smallest absolute Gasteiger partial charge is 0.394 e. The van der Waals surface area contributed by atoms with Gasteiger partial charge in [0.25, 0.3) is 5.91 Å². The summed E-state index contributed by atoms with van der Waals surface area (Å²) in [6.07, 6.45) is -2.87. The summed E-state index contributed by atoms with van der Waals surface area (Å²) in [7, 11) is -3.28. The molecule has 1 aromatic carbocycles. The van der Waals surface area contributed by atoms with Crippen molar-refractivity contribution in [3.8, 4) is 23.6 Å². The lowest BCUT2D eigenvalue weighted by Gasteiger charge is -2.34. The first-order valence-corrected chi connectivity index (χ1v) is 15.4. The van der Waals surface area contributed by atoms with E-state index in [1.807, 2.05) is 6.07 Å². The minimum absolute atomic E-state index is 0.0590. The number of alkyl halides is 5. The molecule has 0 saturated heterocycles. The Kier molecular flexibility index (Phi) is 9.81. The average molecular weight is 630 g/mol. The molecule has 0 radical (unpaired) electrons. The van der Waals surface area contributed by atoms with Crippen LogP contribution in [0.2, 0.25) is 0 Å². The maximum absolute atomic E-state index is 13.5. The van der Waals surface area contributed by atoms with Crippen molar-refractivity contribution in [1.29, 1.82) is 10.5 Å². The molecule has 234 valence electrons. The minimum atomic E-state index is -4.57. The van der Waals surface area contributed by atoms with Crippen molar-refractivity contribution < 1.29 is 39.9 Å². The SMILES string of the molecule is CCc1nc(C(=O)NCC2(C#N)CCC(S(C)(=O)=O)CC2)c(C#N)n1-c1ccc(CC(C)(C)C(F)(F)F)cc1OC(F)F. The second kappa shape index (κ2) is 12.5. The van der Waals surface area contributed by atoms with Crippen molar-refractivity contribution in [2.75, 3.05) is 12.8 Å². The molecule has 15 heteroatoms. The Bertz CT molecular complexity index is 1550. The molecule has 9 nitrogen and oxygen atoms in total. The van der Waals surface area contributed by atoms with Crippen LogP contribution >= 0.6 is 0 Å². The number of ether oxygens (including phenoxy) is 1. The Morgan fingerprint density at radius 3 is 2.35 bits per heavy atom. The fourth-order valence-electron chi connectivity index (χ4n) is 5.11. The van der Waals surface area contributed by atoms with Gasteiger partial charge in [-0.2, -0.15) is 32.5 Å². The number of nitrogens with zero attached hydrogens (tertiary/aromatic N) is 4. The predicted octanol–water partition coefficient (Wildman–Crippen LogP) is 5.27. The van der Waals surface area contributed by atoms with Crippen molar-refractivity contribution in [2.45, 2.75) is 77.3 Å². The third-order valence-corrected chi connectivity index (χ3v) is 9.48. The zero-order valence-corrected chi connectivity index (χ0v) is 24.9. The van der Waals surface area contributed by atoms with E-state index in [0.717, 1.165) is 30.7 Å². The normalized spacial score (nSPS) is 19.5. The largest absolute Gasteiger partial charge is 0.433 e. The van der Waals surface area contributed by atoms with Crippen molar-refractivity contribution in [3.05, 3.63) is 41.0 Å². The number of amides is 1. The first-order chi connectivity index (χ1) is 19.9. The Labute approximate surface area is 246 Å². The van der Waals surface area contributed by atoms with Gasteiger partial charge < -0.3 is 10.1 Å². The van der Waals surface area contributed by atoms with E-state index in [2.05, 4.69) is 21.1 Å². The number of nitriles is 2. The highest BCUT2D eigenvalue weighted by Crippen LogP contribution is 2.41. The Hall–Kier alpha value is -3.72. The van der Waals surface area contributed by atoms with E-state index in [4.69, 9.17) is 0 Å². The van der Waals surface area contributed by atoms with Gasteiger partial charge in [-0.3, -0.25) is 9.36 Å². The van der Waals surface area contributed by atoms with Crippen molar-refractivity contribution in [1.82, 2.24) is 14.9 Å². The molecule has 2 aromatic rings. The molecule has 0 spiro atoms. The molecule has 1 heterocycles. The molecule has 1 saturated carbocycles. The molecule has 1 amide bonds. The Morgan fingerprint density at radius 1 is 1.23 bits per heavy atom. The zero-order valence-electron chi connectivity index (χ0n) is 24.1. The quantitative estimate of drug-likeness (QED) is 0.354. The number of hydrogen-bond acceptors (Lipinski definition) is 7. The number of hydrogen-bond donors (Lipinski definition) is 1. The first kappa shape index (κ1) is 33.8. The Morgan fingerprint density at radius 2 is 1.86 bits per heavy atom. The summed E-state index contributed by atoms with van der Waals surface area (Å²) in [6, 6.07) is 7.60. The molecule has 1 aliphatic rings. The molecule has 1 aliphatic carbocycles. The molecule has 0 bridgehead atoms. The van der Waals surface area contributed by atoms with Crippen LogP contribution in [0.25, 0.3) is 5.69 Å². The number of aromatic nitrogens is 2. The highest BCUT2D eigenvalue weighted by molar-refractivity contribution is 7.91. The highest BCUT2D eigenvalue weighted by Gasteiger charge is 2.47. The van der Waals surface area contributed by atoms with E-state index in [-0.39, 0.29) is 67.1 Å². The lowest BCUT2D eigenvalue weighted by atomic mass is 9.75. The van der Waals surface area contributed by atoms with Crippen molar-refractivity contribution >= 4 is 15.7 Å². The number of carbonyl (C=O) groups is 1. The number of halogens is 5. The number of carbonyl (C=O) groups excluding carboxylic acids is 1. The van der Waals surface area contributed by atoms with Crippen molar-refractivity contribution in [3.63, 3.8) is 0 Å². The van der Waals surface area contributed by atoms with E-state index in [9.17, 15) is 45.7 Å². The topological polar surface area (TPSA) is 138 Å². The van der Waals surface area contributed by atoms with Gasteiger partial charge in [-0.25, -0.2) is 13.4 Å². The first-order valence-electron chi connectivity index (χ1n) is 13.4. The third-order valence-electron chi connectivity index (χ3n) is 7.80. The lowest BCUT2D eigenvalue weighted by Crippen LogP contribution is -2.41.